The summed E-state index contributed by atoms with van der Waals surface area (Å²) in [7, 11) is -2.46. The summed E-state index contributed by atoms with van der Waals surface area (Å²) in [4.78, 5) is 14.8. The van der Waals surface area contributed by atoms with Crippen molar-refractivity contribution in [1.29, 1.82) is 0 Å². The van der Waals surface area contributed by atoms with Gasteiger partial charge in [0.2, 0.25) is 15.9 Å². The standard InChI is InChI=1S/C29H39Cl2N3O5S/c1-33(40(36,37)29-25(30)8-5-9-26(29)31)14-17-39-21-27(35)32-20-22-10-12-24(13-11-22)28(23-6-3-2-4-7-23)34-15-18-38-19-16-34/h2-9,22,24,28H,10-21H2,1H3,(H,32,35). The summed E-state index contributed by atoms with van der Waals surface area (Å²) in [5.41, 5.74) is 1.38. The van der Waals surface area contributed by atoms with E-state index in [1.807, 2.05) is 0 Å². The number of hydrogen-bond acceptors (Lipinski definition) is 6. The third-order valence-corrected chi connectivity index (χ3v) is 10.7. The highest BCUT2D eigenvalue weighted by Gasteiger charge is 2.33. The number of ether oxygens (including phenoxy) is 2. The Morgan fingerprint density at radius 1 is 1.05 bits per heavy atom. The third kappa shape index (κ3) is 8.18. The summed E-state index contributed by atoms with van der Waals surface area (Å²) in [6.45, 7) is 4.13. The Balaban J connectivity index is 1.17. The first-order valence-corrected chi connectivity index (χ1v) is 16.1. The van der Waals surface area contributed by atoms with Gasteiger partial charge in [-0.05, 0) is 55.2 Å². The summed E-state index contributed by atoms with van der Waals surface area (Å²) in [6.07, 6.45) is 4.41. The molecular formula is C29H39Cl2N3O5S. The molecule has 1 atom stereocenters. The lowest BCUT2D eigenvalue weighted by Gasteiger charge is -2.42. The first-order valence-electron chi connectivity index (χ1n) is 13.9. The molecule has 220 valence electrons. The Kier molecular flexibility index (Phi) is 11.7. The van der Waals surface area contributed by atoms with Crippen LogP contribution in [-0.4, -0.2) is 83.2 Å². The number of likely N-dealkylation sites (N-methyl/N-ethyl adjacent to an activating group) is 1. The maximum atomic E-state index is 12.8. The summed E-state index contributed by atoms with van der Waals surface area (Å²) in [6, 6.07) is 15.8. The molecule has 8 nitrogen and oxygen atoms in total. The fourth-order valence-electron chi connectivity index (χ4n) is 5.67. The molecule has 1 saturated carbocycles. The van der Waals surface area contributed by atoms with E-state index < -0.39 is 10.0 Å². The molecule has 0 spiro atoms. The lowest BCUT2D eigenvalue weighted by molar-refractivity contribution is -0.126. The zero-order valence-corrected chi connectivity index (χ0v) is 25.3. The van der Waals surface area contributed by atoms with Gasteiger partial charge in [-0.2, -0.15) is 4.31 Å². The Hall–Kier alpha value is -1.72. The van der Waals surface area contributed by atoms with Gasteiger partial charge in [-0.3, -0.25) is 9.69 Å². The number of halogens is 2. The van der Waals surface area contributed by atoms with E-state index in [1.54, 1.807) is 6.07 Å². The second-order valence-corrected chi connectivity index (χ2v) is 13.3. The maximum absolute atomic E-state index is 12.8. The van der Waals surface area contributed by atoms with Gasteiger partial charge in [-0.15, -0.1) is 0 Å². The fourth-order valence-corrected chi connectivity index (χ4v) is 7.91. The van der Waals surface area contributed by atoms with Gasteiger partial charge in [-0.1, -0.05) is 59.6 Å². The minimum absolute atomic E-state index is 0.0605. The molecule has 40 heavy (non-hydrogen) atoms. The van der Waals surface area contributed by atoms with E-state index in [-0.39, 0.29) is 40.6 Å². The lowest BCUT2D eigenvalue weighted by atomic mass is 9.76. The molecule has 0 aromatic heterocycles. The van der Waals surface area contributed by atoms with E-state index in [2.05, 4.69) is 40.5 Å². The topological polar surface area (TPSA) is 88.2 Å². The molecule has 1 heterocycles. The largest absolute Gasteiger partial charge is 0.379 e. The van der Waals surface area contributed by atoms with Crippen LogP contribution in [0.1, 0.15) is 37.3 Å². The second-order valence-electron chi connectivity index (χ2n) is 10.5. The molecule has 1 aliphatic heterocycles. The molecule has 2 aromatic rings. The van der Waals surface area contributed by atoms with E-state index >= 15 is 0 Å². The van der Waals surface area contributed by atoms with Crippen LogP contribution in [0.25, 0.3) is 0 Å². The van der Waals surface area contributed by atoms with Gasteiger partial charge < -0.3 is 14.8 Å². The van der Waals surface area contributed by atoms with Crippen LogP contribution in [0.3, 0.4) is 0 Å². The molecule has 0 radical (unpaired) electrons. The smallest absolute Gasteiger partial charge is 0.246 e. The average Bonchev–Trinajstić information content (AvgIpc) is 2.96. The van der Waals surface area contributed by atoms with E-state index in [1.165, 1.54) is 24.7 Å². The van der Waals surface area contributed by atoms with Gasteiger partial charge in [0, 0.05) is 39.3 Å². The Morgan fingerprint density at radius 2 is 1.70 bits per heavy atom. The third-order valence-electron chi connectivity index (χ3n) is 7.88. The summed E-state index contributed by atoms with van der Waals surface area (Å²) in [5.74, 6) is 0.833. The van der Waals surface area contributed by atoms with Crippen LogP contribution in [0.4, 0.5) is 0 Å². The molecule has 0 bridgehead atoms. The van der Waals surface area contributed by atoms with Crippen molar-refractivity contribution in [1.82, 2.24) is 14.5 Å². The monoisotopic (exact) mass is 611 g/mol. The van der Waals surface area contributed by atoms with Crippen LogP contribution in [0, 0.1) is 11.8 Å². The Bertz CT molecular complexity index is 1180. The molecular weight excluding hydrogens is 573 g/mol. The first kappa shape index (κ1) is 31.2. The van der Waals surface area contributed by atoms with Crippen molar-refractivity contribution >= 4 is 39.1 Å². The molecule has 11 heteroatoms. The number of nitrogens with zero attached hydrogens (tertiary/aromatic N) is 2. The highest BCUT2D eigenvalue weighted by Crippen LogP contribution is 2.40. The molecule has 1 aliphatic carbocycles. The van der Waals surface area contributed by atoms with Crippen LogP contribution in [-0.2, 0) is 24.3 Å². The average molecular weight is 613 g/mol. The minimum atomic E-state index is -3.88. The summed E-state index contributed by atoms with van der Waals surface area (Å²) < 4.78 is 37.8. The van der Waals surface area contributed by atoms with Gasteiger partial charge in [-0.25, -0.2) is 8.42 Å². The second kappa shape index (κ2) is 15.0. The Morgan fingerprint density at radius 3 is 2.35 bits per heavy atom. The quantitative estimate of drug-likeness (QED) is 0.352. The van der Waals surface area contributed by atoms with Crippen molar-refractivity contribution in [3.8, 4) is 0 Å². The van der Waals surface area contributed by atoms with Crippen molar-refractivity contribution in [3.63, 3.8) is 0 Å². The summed E-state index contributed by atoms with van der Waals surface area (Å²) in [5, 5.41) is 3.11. The SMILES string of the molecule is CN(CCOCC(=O)NCC1CCC(C(c2ccccc2)N2CCOCC2)CC1)S(=O)(=O)c1c(Cl)cccc1Cl. The molecule has 2 fully saturated rings. The molecule has 2 aliphatic rings. The van der Waals surface area contributed by atoms with Gasteiger partial charge in [0.05, 0.1) is 29.9 Å². The number of carbonyl (C=O) groups is 1. The van der Waals surface area contributed by atoms with Crippen molar-refractivity contribution in [3.05, 3.63) is 64.1 Å². The van der Waals surface area contributed by atoms with Crippen molar-refractivity contribution in [2.24, 2.45) is 11.8 Å². The normalized spacial score (nSPS) is 21.3. The zero-order chi connectivity index (χ0) is 28.5. The van der Waals surface area contributed by atoms with E-state index in [9.17, 15) is 13.2 Å². The van der Waals surface area contributed by atoms with E-state index in [0.29, 0.717) is 24.4 Å². The van der Waals surface area contributed by atoms with Crippen LogP contribution < -0.4 is 5.32 Å². The fraction of sp³-hybridized carbons (Fsp3) is 0.552. The molecule has 1 N–H and O–H groups in total. The number of benzene rings is 2. The first-order chi connectivity index (χ1) is 19.3. The van der Waals surface area contributed by atoms with Crippen LogP contribution >= 0.6 is 23.2 Å². The Labute approximate surface area is 248 Å². The number of amides is 1. The van der Waals surface area contributed by atoms with Crippen molar-refractivity contribution in [2.75, 3.05) is 59.7 Å². The molecule has 1 amide bonds. The predicted molar refractivity (Wildman–Crippen MR) is 157 cm³/mol. The summed E-state index contributed by atoms with van der Waals surface area (Å²) >= 11 is 12.1. The molecule has 1 unspecified atom stereocenters. The molecule has 1 saturated heterocycles. The van der Waals surface area contributed by atoms with Gasteiger partial charge >= 0.3 is 0 Å². The molecule has 2 aromatic carbocycles. The number of carbonyl (C=O) groups excluding carboxylic acids is 1. The maximum Gasteiger partial charge on any atom is 0.246 e. The number of rotatable bonds is 12. The number of hydrogen-bond donors (Lipinski definition) is 1. The van der Waals surface area contributed by atoms with Gasteiger partial charge in [0.25, 0.3) is 0 Å². The zero-order valence-electron chi connectivity index (χ0n) is 22.9. The van der Waals surface area contributed by atoms with Gasteiger partial charge in [0.1, 0.15) is 11.5 Å². The number of sulfonamides is 1. The highest BCUT2D eigenvalue weighted by atomic mass is 35.5. The van der Waals surface area contributed by atoms with Gasteiger partial charge in [0.15, 0.2) is 0 Å². The predicted octanol–water partition coefficient (Wildman–Crippen LogP) is 4.63. The van der Waals surface area contributed by atoms with Crippen LogP contribution in [0.15, 0.2) is 53.4 Å². The minimum Gasteiger partial charge on any atom is -0.379 e. The lowest BCUT2D eigenvalue weighted by Crippen LogP contribution is -2.43. The van der Waals surface area contributed by atoms with Crippen molar-refractivity contribution in [2.45, 2.75) is 36.6 Å². The van der Waals surface area contributed by atoms with Crippen LogP contribution in [0.5, 0.6) is 0 Å². The van der Waals surface area contributed by atoms with E-state index in [0.717, 1.165) is 56.3 Å². The number of nitrogens with one attached hydrogen (secondary N) is 1. The van der Waals surface area contributed by atoms with E-state index in [4.69, 9.17) is 32.7 Å². The number of morpholine rings is 1. The van der Waals surface area contributed by atoms with Crippen molar-refractivity contribution < 1.29 is 22.7 Å². The highest BCUT2D eigenvalue weighted by molar-refractivity contribution is 7.89. The molecule has 4 rings (SSSR count). The van der Waals surface area contributed by atoms with Crippen LogP contribution in [0.2, 0.25) is 10.0 Å².